The van der Waals surface area contributed by atoms with E-state index in [1.54, 1.807) is 0 Å². The highest BCUT2D eigenvalue weighted by molar-refractivity contribution is 8.00. The zero-order chi connectivity index (χ0) is 11.6. The second-order valence-electron chi connectivity index (χ2n) is 3.94. The molecule has 0 spiro atoms. The van der Waals surface area contributed by atoms with Crippen molar-refractivity contribution in [3.63, 3.8) is 0 Å². The van der Waals surface area contributed by atoms with E-state index in [4.69, 9.17) is 11.6 Å². The first-order valence-electron chi connectivity index (χ1n) is 5.00. The summed E-state index contributed by atoms with van der Waals surface area (Å²) in [6.45, 7) is 2.85. The maximum Gasteiger partial charge on any atom is 0.282 e. The molecule has 4 nitrogen and oxygen atoms in total. The number of hydrogen-bond donors (Lipinski definition) is 1. The highest BCUT2D eigenvalue weighted by atomic mass is 35.5. The van der Waals surface area contributed by atoms with Crippen LogP contribution in [0.1, 0.15) is 29.6 Å². The third-order valence-electron chi connectivity index (χ3n) is 2.52. The van der Waals surface area contributed by atoms with Gasteiger partial charge < -0.3 is 5.32 Å². The van der Waals surface area contributed by atoms with Gasteiger partial charge in [0.1, 0.15) is 0 Å². The third kappa shape index (κ3) is 2.87. The molecule has 0 saturated carbocycles. The molecule has 1 aromatic rings. The van der Waals surface area contributed by atoms with Crippen LogP contribution in [0, 0.1) is 0 Å². The molecule has 1 amide bonds. The van der Waals surface area contributed by atoms with E-state index in [-0.39, 0.29) is 10.7 Å². The average Bonchev–Trinajstić information content (AvgIpc) is 2.85. The van der Waals surface area contributed by atoms with Crippen LogP contribution in [0.4, 0.5) is 0 Å². The minimum absolute atomic E-state index is 0.171. The zero-order valence-electron chi connectivity index (χ0n) is 8.83. The minimum Gasteiger partial charge on any atom is -0.349 e. The number of carbonyl (C=O) groups is 1. The Morgan fingerprint density at radius 2 is 2.44 bits per heavy atom. The number of nitrogens with zero attached hydrogens (tertiary/aromatic N) is 2. The molecule has 0 radical (unpaired) electrons. The van der Waals surface area contributed by atoms with Crippen LogP contribution in [-0.4, -0.2) is 33.1 Å². The van der Waals surface area contributed by atoms with Gasteiger partial charge >= 0.3 is 0 Å². The van der Waals surface area contributed by atoms with Crippen molar-refractivity contribution in [2.24, 2.45) is 0 Å². The summed E-state index contributed by atoms with van der Waals surface area (Å²) >= 11 is 8.64. The maximum absolute atomic E-state index is 11.7. The van der Waals surface area contributed by atoms with E-state index in [0.29, 0.717) is 16.0 Å². The summed E-state index contributed by atoms with van der Waals surface area (Å²) in [5, 5.41) is 10.5. The quantitative estimate of drug-likeness (QED) is 0.920. The van der Waals surface area contributed by atoms with Crippen LogP contribution in [0.25, 0.3) is 0 Å². The number of amides is 1. The van der Waals surface area contributed by atoms with Gasteiger partial charge in [-0.3, -0.25) is 4.79 Å². The number of thioether (sulfide) groups is 1. The standard InChI is InChI=1S/C9H12ClN3OS2/c1-9(3-2-4-15-9)5-11-6(14)7-12-13-8(10)16-7/h2-5H2,1H3,(H,11,14). The number of nitrogens with one attached hydrogen (secondary N) is 1. The minimum atomic E-state index is -0.182. The first-order valence-corrected chi connectivity index (χ1v) is 7.18. The van der Waals surface area contributed by atoms with Crippen LogP contribution in [0.2, 0.25) is 4.47 Å². The molecule has 7 heteroatoms. The molecule has 1 fully saturated rings. The molecular formula is C9H12ClN3OS2. The Morgan fingerprint density at radius 1 is 1.62 bits per heavy atom. The molecule has 88 valence electrons. The summed E-state index contributed by atoms with van der Waals surface area (Å²) in [5.74, 6) is 0.995. The molecule has 0 aromatic carbocycles. The number of aromatic nitrogens is 2. The van der Waals surface area contributed by atoms with Gasteiger partial charge in [-0.1, -0.05) is 11.3 Å². The van der Waals surface area contributed by atoms with Gasteiger partial charge in [0.25, 0.3) is 5.91 Å². The summed E-state index contributed by atoms with van der Waals surface area (Å²) in [6, 6.07) is 0. The highest BCUT2D eigenvalue weighted by Crippen LogP contribution is 2.37. The van der Waals surface area contributed by atoms with Crippen molar-refractivity contribution >= 4 is 40.6 Å². The Labute approximate surface area is 107 Å². The van der Waals surface area contributed by atoms with Crippen molar-refractivity contribution in [1.82, 2.24) is 15.5 Å². The molecule has 1 saturated heterocycles. The van der Waals surface area contributed by atoms with Crippen LogP contribution in [0.3, 0.4) is 0 Å². The van der Waals surface area contributed by atoms with Crippen molar-refractivity contribution in [3.05, 3.63) is 9.47 Å². The van der Waals surface area contributed by atoms with Gasteiger partial charge in [0.15, 0.2) is 0 Å². The molecule has 1 aromatic heterocycles. The molecule has 1 aliphatic heterocycles. The fourth-order valence-electron chi connectivity index (χ4n) is 1.62. The Balaban J connectivity index is 1.88. The number of carbonyl (C=O) groups excluding carboxylic acids is 1. The smallest absolute Gasteiger partial charge is 0.282 e. The fraction of sp³-hybridized carbons (Fsp3) is 0.667. The lowest BCUT2D eigenvalue weighted by molar-refractivity contribution is 0.0949. The van der Waals surface area contributed by atoms with E-state index in [1.165, 1.54) is 12.2 Å². The summed E-state index contributed by atoms with van der Waals surface area (Å²) < 4.78 is 0.469. The SMILES string of the molecule is CC1(CNC(=O)c2nnc(Cl)s2)CCCS1. The molecule has 0 aliphatic carbocycles. The monoisotopic (exact) mass is 277 g/mol. The van der Waals surface area contributed by atoms with Gasteiger partial charge in [-0.15, -0.1) is 10.2 Å². The van der Waals surface area contributed by atoms with Crippen molar-refractivity contribution in [2.75, 3.05) is 12.3 Å². The Morgan fingerprint density at radius 3 is 3.00 bits per heavy atom. The lowest BCUT2D eigenvalue weighted by atomic mass is 10.1. The second kappa shape index (κ2) is 4.89. The lowest BCUT2D eigenvalue weighted by Crippen LogP contribution is -2.36. The zero-order valence-corrected chi connectivity index (χ0v) is 11.2. The normalized spacial score (nSPS) is 24.6. The topological polar surface area (TPSA) is 54.9 Å². The lowest BCUT2D eigenvalue weighted by Gasteiger charge is -2.22. The molecule has 1 unspecified atom stereocenters. The molecule has 1 N–H and O–H groups in total. The Bertz CT molecular complexity index is 390. The van der Waals surface area contributed by atoms with Gasteiger partial charge in [0, 0.05) is 11.3 Å². The highest BCUT2D eigenvalue weighted by Gasteiger charge is 2.30. The maximum atomic E-state index is 11.7. The average molecular weight is 278 g/mol. The summed E-state index contributed by atoms with van der Waals surface area (Å²) in [4.78, 5) is 11.7. The third-order valence-corrected chi connectivity index (χ3v) is 5.07. The van der Waals surface area contributed by atoms with Gasteiger partial charge in [0.2, 0.25) is 9.47 Å². The van der Waals surface area contributed by atoms with Crippen molar-refractivity contribution < 1.29 is 4.79 Å². The number of rotatable bonds is 3. The molecule has 1 aliphatic rings. The van der Waals surface area contributed by atoms with Crippen molar-refractivity contribution in [2.45, 2.75) is 24.5 Å². The molecule has 1 atom stereocenters. The van der Waals surface area contributed by atoms with E-state index < -0.39 is 0 Å². The largest absolute Gasteiger partial charge is 0.349 e. The number of halogens is 1. The number of hydrogen-bond acceptors (Lipinski definition) is 5. The summed E-state index contributed by atoms with van der Waals surface area (Å²) in [7, 11) is 0. The van der Waals surface area contributed by atoms with Crippen molar-refractivity contribution in [3.8, 4) is 0 Å². The van der Waals surface area contributed by atoms with E-state index in [0.717, 1.165) is 17.8 Å². The Hall–Kier alpha value is -0.330. The van der Waals surface area contributed by atoms with E-state index in [9.17, 15) is 4.79 Å². The molecule has 16 heavy (non-hydrogen) atoms. The summed E-state index contributed by atoms with van der Waals surface area (Å²) in [6.07, 6.45) is 2.37. The Kier molecular flexibility index (Phi) is 3.71. The first kappa shape index (κ1) is 12.1. The van der Waals surface area contributed by atoms with Gasteiger partial charge in [-0.25, -0.2) is 0 Å². The fourth-order valence-corrected chi connectivity index (χ4v) is 3.61. The van der Waals surface area contributed by atoms with E-state index in [1.807, 2.05) is 11.8 Å². The van der Waals surface area contributed by atoms with Crippen LogP contribution in [0.5, 0.6) is 0 Å². The predicted molar refractivity (Wildman–Crippen MR) is 67.3 cm³/mol. The van der Waals surface area contributed by atoms with Gasteiger partial charge in [0.05, 0.1) is 0 Å². The van der Waals surface area contributed by atoms with Crippen LogP contribution in [-0.2, 0) is 0 Å². The summed E-state index contributed by atoms with van der Waals surface area (Å²) in [5.41, 5.74) is 0. The van der Waals surface area contributed by atoms with E-state index in [2.05, 4.69) is 22.4 Å². The van der Waals surface area contributed by atoms with Gasteiger partial charge in [-0.2, -0.15) is 11.8 Å². The molecule has 2 rings (SSSR count). The van der Waals surface area contributed by atoms with E-state index >= 15 is 0 Å². The molecule has 2 heterocycles. The van der Waals surface area contributed by atoms with Crippen molar-refractivity contribution in [1.29, 1.82) is 0 Å². The molecule has 0 bridgehead atoms. The predicted octanol–water partition coefficient (Wildman–Crippen LogP) is 2.21. The van der Waals surface area contributed by atoms with Gasteiger partial charge in [-0.05, 0) is 37.1 Å². The second-order valence-corrected chi connectivity index (χ2v) is 7.19. The first-order chi connectivity index (χ1) is 7.59. The van der Waals surface area contributed by atoms with Crippen LogP contribution < -0.4 is 5.32 Å². The van der Waals surface area contributed by atoms with Crippen LogP contribution in [0.15, 0.2) is 0 Å². The van der Waals surface area contributed by atoms with Crippen LogP contribution >= 0.6 is 34.7 Å². The molecular weight excluding hydrogens is 266 g/mol.